The van der Waals surface area contributed by atoms with Crippen LogP contribution in [0, 0.1) is 13.8 Å². The molecule has 25 heavy (non-hydrogen) atoms. The van der Waals surface area contributed by atoms with Crippen LogP contribution in [0.4, 0.5) is 4.79 Å². The number of hydrogen-bond donors (Lipinski definition) is 1. The van der Waals surface area contributed by atoms with Gasteiger partial charge in [0.1, 0.15) is 5.60 Å². The maximum Gasteiger partial charge on any atom is 0.407 e. The molecule has 6 heteroatoms. The van der Waals surface area contributed by atoms with Crippen LogP contribution < -0.4 is 5.32 Å². The quantitative estimate of drug-likeness (QED) is 0.629. The van der Waals surface area contributed by atoms with Gasteiger partial charge in [-0.25, -0.2) is 4.79 Å². The van der Waals surface area contributed by atoms with E-state index in [0.717, 1.165) is 11.1 Å². The van der Waals surface area contributed by atoms with Crippen LogP contribution in [0.25, 0.3) is 0 Å². The van der Waals surface area contributed by atoms with Gasteiger partial charge in [-0.3, -0.25) is 9.59 Å². The van der Waals surface area contributed by atoms with E-state index in [-0.39, 0.29) is 18.7 Å². The lowest BCUT2D eigenvalue weighted by Gasteiger charge is -2.19. The Balaban J connectivity index is 2.44. The summed E-state index contributed by atoms with van der Waals surface area (Å²) in [6.07, 6.45) is -1.51. The van der Waals surface area contributed by atoms with E-state index in [1.807, 2.05) is 19.9 Å². The maximum absolute atomic E-state index is 12.3. The predicted octanol–water partition coefficient (Wildman–Crippen LogP) is 3.33. The van der Waals surface area contributed by atoms with Gasteiger partial charge in [0.05, 0.1) is 6.42 Å². The van der Waals surface area contributed by atoms with Gasteiger partial charge in [-0.15, -0.1) is 0 Å². The molecule has 1 unspecified atom stereocenters. The number of alkyl carbamates (subject to hydrolysis) is 1. The predicted molar refractivity (Wildman–Crippen MR) is 94.7 cm³/mol. The molecule has 1 aromatic carbocycles. The van der Waals surface area contributed by atoms with Crippen LogP contribution in [-0.4, -0.2) is 36.1 Å². The van der Waals surface area contributed by atoms with Gasteiger partial charge in [-0.05, 0) is 58.7 Å². The summed E-state index contributed by atoms with van der Waals surface area (Å²) < 4.78 is 10.2. The number of carbonyl (C=O) groups excluding carboxylic acids is 3. The SMILES string of the molecule is Cc1ccc(C(=O)C(C)OC(=O)CCNC(=O)OC(C)(C)C)cc1C. The van der Waals surface area contributed by atoms with Crippen molar-refractivity contribution in [1.29, 1.82) is 0 Å². The third-order valence-electron chi connectivity index (χ3n) is 3.47. The molecule has 1 amide bonds. The summed E-state index contributed by atoms with van der Waals surface area (Å²) in [4.78, 5) is 35.6. The summed E-state index contributed by atoms with van der Waals surface area (Å²) in [6.45, 7) is 10.8. The van der Waals surface area contributed by atoms with Crippen LogP contribution in [0.3, 0.4) is 0 Å². The number of amides is 1. The van der Waals surface area contributed by atoms with Crippen LogP contribution in [0.5, 0.6) is 0 Å². The van der Waals surface area contributed by atoms with Gasteiger partial charge in [0.15, 0.2) is 6.10 Å². The average Bonchev–Trinajstić information content (AvgIpc) is 2.47. The Morgan fingerprint density at radius 3 is 2.32 bits per heavy atom. The molecule has 0 aliphatic carbocycles. The molecule has 138 valence electrons. The Bertz CT molecular complexity index is 646. The van der Waals surface area contributed by atoms with E-state index >= 15 is 0 Å². The fourth-order valence-corrected chi connectivity index (χ4v) is 2.02. The first-order valence-corrected chi connectivity index (χ1v) is 8.27. The van der Waals surface area contributed by atoms with Crippen LogP contribution in [0.2, 0.25) is 0 Å². The van der Waals surface area contributed by atoms with Crippen molar-refractivity contribution in [2.45, 2.75) is 59.7 Å². The summed E-state index contributed by atoms with van der Waals surface area (Å²) in [7, 11) is 0. The number of benzene rings is 1. The average molecular weight is 349 g/mol. The van der Waals surface area contributed by atoms with Crippen LogP contribution in [0.15, 0.2) is 18.2 Å². The zero-order chi connectivity index (χ0) is 19.2. The second kappa shape index (κ2) is 8.65. The Labute approximate surface area is 148 Å². The van der Waals surface area contributed by atoms with E-state index in [9.17, 15) is 14.4 Å². The molecule has 0 radical (unpaired) electrons. The summed E-state index contributed by atoms with van der Waals surface area (Å²) in [5.41, 5.74) is 2.01. The number of hydrogen-bond acceptors (Lipinski definition) is 5. The van der Waals surface area contributed by atoms with Crippen molar-refractivity contribution in [3.05, 3.63) is 34.9 Å². The molecular weight excluding hydrogens is 322 g/mol. The molecule has 1 atom stereocenters. The second-order valence-corrected chi connectivity index (χ2v) is 6.97. The van der Waals surface area contributed by atoms with Crippen molar-refractivity contribution >= 4 is 17.8 Å². The third-order valence-corrected chi connectivity index (χ3v) is 3.47. The molecule has 1 aromatic rings. The van der Waals surface area contributed by atoms with Gasteiger partial charge in [0, 0.05) is 12.1 Å². The molecule has 0 fully saturated rings. The number of aryl methyl sites for hydroxylation is 2. The van der Waals surface area contributed by atoms with Gasteiger partial charge in [0.25, 0.3) is 0 Å². The van der Waals surface area contributed by atoms with E-state index < -0.39 is 23.8 Å². The highest BCUT2D eigenvalue weighted by molar-refractivity contribution is 6.00. The molecule has 1 rings (SSSR count). The lowest BCUT2D eigenvalue weighted by Crippen LogP contribution is -2.34. The van der Waals surface area contributed by atoms with E-state index in [1.165, 1.54) is 6.92 Å². The molecule has 1 N–H and O–H groups in total. The van der Waals surface area contributed by atoms with E-state index in [0.29, 0.717) is 5.56 Å². The maximum atomic E-state index is 12.3. The Morgan fingerprint density at radius 1 is 1.12 bits per heavy atom. The number of ether oxygens (including phenoxy) is 2. The van der Waals surface area contributed by atoms with E-state index in [1.54, 1.807) is 32.9 Å². The van der Waals surface area contributed by atoms with Crippen molar-refractivity contribution in [3.63, 3.8) is 0 Å². The summed E-state index contributed by atoms with van der Waals surface area (Å²) in [5.74, 6) is -0.808. The second-order valence-electron chi connectivity index (χ2n) is 6.97. The lowest BCUT2D eigenvalue weighted by atomic mass is 10.0. The van der Waals surface area contributed by atoms with E-state index in [4.69, 9.17) is 9.47 Å². The van der Waals surface area contributed by atoms with Crippen LogP contribution >= 0.6 is 0 Å². The first kappa shape index (κ1) is 20.7. The topological polar surface area (TPSA) is 81.7 Å². The molecule has 0 aliphatic rings. The highest BCUT2D eigenvalue weighted by Gasteiger charge is 2.20. The summed E-state index contributed by atoms with van der Waals surface area (Å²) in [6, 6.07) is 5.37. The van der Waals surface area contributed by atoms with Gasteiger partial charge in [-0.2, -0.15) is 0 Å². The summed E-state index contributed by atoms with van der Waals surface area (Å²) >= 11 is 0. The summed E-state index contributed by atoms with van der Waals surface area (Å²) in [5, 5.41) is 2.47. The number of nitrogens with one attached hydrogen (secondary N) is 1. The van der Waals surface area contributed by atoms with Gasteiger partial charge < -0.3 is 14.8 Å². The molecule has 0 spiro atoms. The zero-order valence-corrected chi connectivity index (χ0v) is 15.8. The van der Waals surface area contributed by atoms with Gasteiger partial charge >= 0.3 is 12.1 Å². The number of Topliss-reactive ketones (excluding diaryl/α,β-unsaturated/α-hetero) is 1. The van der Waals surface area contributed by atoms with Crippen LogP contribution in [0.1, 0.15) is 55.6 Å². The Hall–Kier alpha value is -2.37. The molecule has 0 saturated carbocycles. The molecule has 0 heterocycles. The fraction of sp³-hybridized carbons (Fsp3) is 0.526. The number of carbonyl (C=O) groups is 3. The Morgan fingerprint density at radius 2 is 1.76 bits per heavy atom. The third kappa shape index (κ3) is 7.37. The highest BCUT2D eigenvalue weighted by Crippen LogP contribution is 2.13. The minimum Gasteiger partial charge on any atom is -0.454 e. The number of esters is 1. The monoisotopic (exact) mass is 349 g/mol. The van der Waals surface area contributed by atoms with Crippen molar-refractivity contribution < 1.29 is 23.9 Å². The molecule has 6 nitrogen and oxygen atoms in total. The van der Waals surface area contributed by atoms with Gasteiger partial charge in [-0.1, -0.05) is 12.1 Å². The first-order valence-electron chi connectivity index (χ1n) is 8.27. The van der Waals surface area contributed by atoms with Crippen molar-refractivity contribution in [3.8, 4) is 0 Å². The molecular formula is C19H27NO5. The van der Waals surface area contributed by atoms with Crippen molar-refractivity contribution in [1.82, 2.24) is 5.32 Å². The zero-order valence-electron chi connectivity index (χ0n) is 15.8. The smallest absolute Gasteiger partial charge is 0.407 e. The van der Waals surface area contributed by atoms with Crippen LogP contribution in [-0.2, 0) is 14.3 Å². The first-order chi connectivity index (χ1) is 11.5. The molecule has 0 aromatic heterocycles. The van der Waals surface area contributed by atoms with Crippen molar-refractivity contribution in [2.75, 3.05) is 6.54 Å². The largest absolute Gasteiger partial charge is 0.454 e. The fourth-order valence-electron chi connectivity index (χ4n) is 2.02. The minimum absolute atomic E-state index is 0.0379. The highest BCUT2D eigenvalue weighted by atomic mass is 16.6. The van der Waals surface area contributed by atoms with Gasteiger partial charge in [0.2, 0.25) is 5.78 Å². The number of rotatable bonds is 6. The minimum atomic E-state index is -0.879. The standard InChI is InChI=1S/C19H27NO5/c1-12-7-8-15(11-13(12)2)17(22)14(3)24-16(21)9-10-20-18(23)25-19(4,5)6/h7-8,11,14H,9-10H2,1-6H3,(H,20,23). The molecule has 0 saturated heterocycles. The van der Waals surface area contributed by atoms with Crippen molar-refractivity contribution in [2.24, 2.45) is 0 Å². The molecule has 0 aliphatic heterocycles. The normalized spacial score (nSPS) is 12.2. The number of ketones is 1. The molecule has 0 bridgehead atoms. The Kier molecular flexibility index (Phi) is 7.15. The lowest BCUT2D eigenvalue weighted by molar-refractivity contribution is -0.146. The van der Waals surface area contributed by atoms with E-state index in [2.05, 4.69) is 5.32 Å².